The lowest BCUT2D eigenvalue weighted by molar-refractivity contribution is -0.131. The molecule has 0 saturated carbocycles. The Labute approximate surface area is 162 Å². The van der Waals surface area contributed by atoms with Crippen molar-refractivity contribution in [3.63, 3.8) is 0 Å². The number of rotatable bonds is 5. The average Bonchev–Trinajstić information content (AvgIpc) is 2.94. The molecule has 1 unspecified atom stereocenters. The monoisotopic (exact) mass is 411 g/mol. The van der Waals surface area contributed by atoms with E-state index in [0.717, 1.165) is 0 Å². The van der Waals surface area contributed by atoms with Crippen LogP contribution in [0.2, 0.25) is 0 Å². The Hall–Kier alpha value is -2.81. The van der Waals surface area contributed by atoms with Crippen molar-refractivity contribution in [2.75, 3.05) is 26.2 Å². The first kappa shape index (κ1) is 21.5. The van der Waals surface area contributed by atoms with E-state index in [4.69, 9.17) is 14.1 Å². The molecular weight excluding hydrogens is 390 g/mol. The van der Waals surface area contributed by atoms with E-state index in [1.165, 1.54) is 34.6 Å². The summed E-state index contributed by atoms with van der Waals surface area (Å²) in [6.45, 7) is 2.32. The van der Waals surface area contributed by atoms with Gasteiger partial charge < -0.3 is 19.1 Å². The van der Waals surface area contributed by atoms with Crippen LogP contribution in [0.5, 0.6) is 5.75 Å². The highest BCUT2D eigenvalue weighted by atomic mass is 32.2. The van der Waals surface area contributed by atoms with Gasteiger partial charge in [0.1, 0.15) is 17.3 Å². The Morgan fingerprint density at radius 3 is 2.68 bits per heavy atom. The fourth-order valence-corrected chi connectivity index (χ4v) is 3.30. The molecule has 2 rings (SSSR count). The number of benzene rings is 1. The number of nitrogens with one attached hydrogen (secondary N) is 2. The zero-order chi connectivity index (χ0) is 20.6. The van der Waals surface area contributed by atoms with Crippen molar-refractivity contribution in [3.05, 3.63) is 24.3 Å². The second kappa shape index (κ2) is 9.93. The van der Waals surface area contributed by atoms with Crippen molar-refractivity contribution in [3.8, 4) is 17.6 Å². The summed E-state index contributed by atoms with van der Waals surface area (Å²) in [5.74, 6) is 5.19. The number of hydroxylamine groups is 1. The number of amides is 2. The summed E-state index contributed by atoms with van der Waals surface area (Å²) in [7, 11) is -4.31. The van der Waals surface area contributed by atoms with E-state index in [1.807, 2.05) is 0 Å². The predicted molar refractivity (Wildman–Crippen MR) is 97.0 cm³/mol. The second-order valence-corrected chi connectivity index (χ2v) is 7.30. The molecule has 0 aromatic heterocycles. The molecule has 0 bridgehead atoms. The molecule has 3 N–H and O–H groups in total. The van der Waals surface area contributed by atoms with Crippen LogP contribution in [0.3, 0.4) is 0 Å². The second-order valence-electron chi connectivity index (χ2n) is 5.75. The summed E-state index contributed by atoms with van der Waals surface area (Å²) in [5, 5.41) is 11.5. The molecule has 1 aromatic carbocycles. The summed E-state index contributed by atoms with van der Waals surface area (Å²) >= 11 is 0. The van der Waals surface area contributed by atoms with Crippen molar-refractivity contribution in [1.29, 1.82) is 0 Å². The van der Waals surface area contributed by atoms with Gasteiger partial charge in [-0.15, -0.1) is 5.92 Å². The number of hydrogen-bond donors (Lipinski definition) is 3. The topological polar surface area (TPSA) is 134 Å². The fourth-order valence-electron chi connectivity index (χ4n) is 2.45. The van der Waals surface area contributed by atoms with Crippen LogP contribution in [-0.4, -0.2) is 62.8 Å². The summed E-state index contributed by atoms with van der Waals surface area (Å²) in [5.41, 5.74) is 1.54. The molecule has 0 aliphatic carbocycles. The number of carbonyl (C=O) groups excluding carboxylic acids is 2. The molecule has 28 heavy (non-hydrogen) atoms. The Balaban J connectivity index is 1.98. The van der Waals surface area contributed by atoms with E-state index in [-0.39, 0.29) is 37.6 Å². The van der Waals surface area contributed by atoms with Crippen molar-refractivity contribution >= 4 is 22.1 Å². The minimum Gasteiger partial charge on any atom is -0.481 e. The zero-order valence-corrected chi connectivity index (χ0v) is 16.0. The third-order valence-corrected chi connectivity index (χ3v) is 5.14. The minimum atomic E-state index is -4.31. The van der Waals surface area contributed by atoms with Gasteiger partial charge in [-0.3, -0.25) is 10.0 Å². The maximum Gasteiger partial charge on any atom is 0.425 e. The van der Waals surface area contributed by atoms with E-state index in [9.17, 15) is 18.0 Å². The van der Waals surface area contributed by atoms with Crippen molar-refractivity contribution < 1.29 is 32.1 Å². The fraction of sp³-hybridized carbons (Fsp3) is 0.412. The molecule has 1 aliphatic heterocycles. The van der Waals surface area contributed by atoms with Crippen LogP contribution in [0.1, 0.15) is 13.3 Å². The Morgan fingerprint density at radius 1 is 1.32 bits per heavy atom. The molecule has 0 spiro atoms. The average molecular weight is 411 g/mol. The highest BCUT2D eigenvalue weighted by molar-refractivity contribution is 7.87. The van der Waals surface area contributed by atoms with E-state index < -0.39 is 28.2 Å². The van der Waals surface area contributed by atoms with Crippen molar-refractivity contribution in [1.82, 2.24) is 15.7 Å². The molecule has 11 heteroatoms. The van der Waals surface area contributed by atoms with Crippen LogP contribution in [0, 0.1) is 11.8 Å². The van der Waals surface area contributed by atoms with Crippen LogP contribution in [-0.2, 0) is 19.1 Å². The lowest BCUT2D eigenvalue weighted by atomic mass is 10.2. The molecule has 1 aromatic rings. The van der Waals surface area contributed by atoms with Crippen molar-refractivity contribution in [2.24, 2.45) is 0 Å². The lowest BCUT2D eigenvalue weighted by Gasteiger charge is -2.19. The molecule has 2 amide bonds. The number of carbonyl (C=O) groups is 2. The van der Waals surface area contributed by atoms with Gasteiger partial charge in [0.25, 0.3) is 5.91 Å². The first-order valence-corrected chi connectivity index (χ1v) is 9.81. The van der Waals surface area contributed by atoms with Gasteiger partial charge in [0, 0.05) is 19.6 Å². The molecule has 0 radical (unpaired) electrons. The maximum atomic E-state index is 12.3. The van der Waals surface area contributed by atoms with Crippen LogP contribution >= 0.6 is 0 Å². The molecule has 10 nitrogen and oxygen atoms in total. The van der Waals surface area contributed by atoms with Gasteiger partial charge in [0.2, 0.25) is 0 Å². The summed E-state index contributed by atoms with van der Waals surface area (Å²) in [6, 6.07) is 4.72. The molecule has 1 saturated heterocycles. The highest BCUT2D eigenvalue weighted by Crippen LogP contribution is 2.19. The van der Waals surface area contributed by atoms with Gasteiger partial charge >= 0.3 is 16.2 Å². The van der Waals surface area contributed by atoms with E-state index in [2.05, 4.69) is 17.2 Å². The van der Waals surface area contributed by atoms with Gasteiger partial charge in [-0.25, -0.2) is 10.3 Å². The summed E-state index contributed by atoms with van der Waals surface area (Å²) in [6.07, 6.45) is -0.848. The maximum absolute atomic E-state index is 12.3. The minimum absolute atomic E-state index is 0.0880. The summed E-state index contributed by atoms with van der Waals surface area (Å²) < 4.78 is 34.6. The molecule has 1 heterocycles. The first-order valence-electron chi connectivity index (χ1n) is 8.40. The molecule has 152 valence electrons. The lowest BCUT2D eigenvalue weighted by Crippen LogP contribution is -2.43. The number of hydrogen-bond acceptors (Lipinski definition) is 8. The normalized spacial score (nSPS) is 16.9. The van der Waals surface area contributed by atoms with Crippen LogP contribution < -0.4 is 15.5 Å². The first-order chi connectivity index (χ1) is 13.4. The largest absolute Gasteiger partial charge is 0.481 e. The van der Waals surface area contributed by atoms with Crippen LogP contribution in [0.25, 0.3) is 0 Å². The van der Waals surface area contributed by atoms with Gasteiger partial charge in [-0.2, -0.15) is 8.42 Å². The standard InChI is InChI=1S/C17H21N3O7S/c1-2-3-12-26-13-4-6-14(7-5-13)28(24,25)27-17(22)20-10-8-15(16(21)19-23)18-9-11-20/h4-7,15,18,23H,8-12H2,1H3,(H,19,21). The third-order valence-electron chi connectivity index (χ3n) is 3.93. The molecular formula is C17H21N3O7S. The SMILES string of the molecule is CC#CCOc1ccc(S(=O)(=O)OC(=O)N2CCNC(C(=O)NO)CC2)cc1. The third kappa shape index (κ3) is 5.85. The summed E-state index contributed by atoms with van der Waals surface area (Å²) in [4.78, 5) is 24.7. The number of nitrogens with zero attached hydrogens (tertiary/aromatic N) is 1. The highest BCUT2D eigenvalue weighted by Gasteiger charge is 2.28. The van der Waals surface area contributed by atoms with Gasteiger partial charge in [-0.05, 0) is 37.6 Å². The Kier molecular flexibility index (Phi) is 7.62. The van der Waals surface area contributed by atoms with Gasteiger partial charge in [0.15, 0.2) is 0 Å². The predicted octanol–water partition coefficient (Wildman–Crippen LogP) is 0.0833. The van der Waals surface area contributed by atoms with Crippen molar-refractivity contribution in [2.45, 2.75) is 24.3 Å². The Bertz CT molecular complexity index is 859. The van der Waals surface area contributed by atoms with E-state index in [1.54, 1.807) is 6.92 Å². The van der Waals surface area contributed by atoms with Gasteiger partial charge in [-0.1, -0.05) is 5.92 Å². The molecule has 1 atom stereocenters. The number of ether oxygens (including phenoxy) is 1. The van der Waals surface area contributed by atoms with Crippen LogP contribution in [0.15, 0.2) is 29.2 Å². The van der Waals surface area contributed by atoms with Gasteiger partial charge in [0.05, 0.1) is 6.04 Å². The Morgan fingerprint density at radius 2 is 2.04 bits per heavy atom. The zero-order valence-electron chi connectivity index (χ0n) is 15.2. The molecule has 1 fully saturated rings. The van der Waals surface area contributed by atoms with E-state index in [0.29, 0.717) is 5.75 Å². The smallest absolute Gasteiger partial charge is 0.425 e. The molecule has 1 aliphatic rings. The quantitative estimate of drug-likeness (QED) is 0.268. The van der Waals surface area contributed by atoms with E-state index >= 15 is 0 Å². The van der Waals surface area contributed by atoms with Crippen LogP contribution in [0.4, 0.5) is 4.79 Å².